The summed E-state index contributed by atoms with van der Waals surface area (Å²) in [6, 6.07) is 0. The Morgan fingerprint density at radius 3 is 2.17 bits per heavy atom. The van der Waals surface area contributed by atoms with Crippen molar-refractivity contribution in [2.24, 2.45) is 0 Å². The van der Waals surface area contributed by atoms with Crippen molar-refractivity contribution in [1.82, 2.24) is 0 Å². The Bertz CT molecular complexity index is 197. The van der Waals surface area contributed by atoms with E-state index in [2.05, 4.69) is 6.92 Å². The molecular weight excluding hydrogens is 148 g/mol. The van der Waals surface area contributed by atoms with Crippen LogP contribution in [0.25, 0.3) is 0 Å². The van der Waals surface area contributed by atoms with Crippen LogP contribution in [0.1, 0.15) is 33.6 Å². The number of hydrogen-bond acceptors (Lipinski definition) is 1. The highest BCUT2D eigenvalue weighted by atomic mass is 16.3. The van der Waals surface area contributed by atoms with Crippen molar-refractivity contribution in [3.05, 3.63) is 35.6 Å². The van der Waals surface area contributed by atoms with Gasteiger partial charge < -0.3 is 5.11 Å². The van der Waals surface area contributed by atoms with Crippen molar-refractivity contribution in [3.8, 4) is 0 Å². The molecule has 0 bridgehead atoms. The maximum Gasteiger partial charge on any atom is 0.118 e. The van der Waals surface area contributed by atoms with Crippen LogP contribution >= 0.6 is 0 Å². The average Bonchev–Trinajstić information content (AvgIpc) is 2.04. The lowest BCUT2D eigenvalue weighted by atomic mass is 10.1. The van der Waals surface area contributed by atoms with Crippen molar-refractivity contribution in [2.75, 3.05) is 0 Å². The number of rotatable bonds is 4. The summed E-state index contributed by atoms with van der Waals surface area (Å²) in [5.41, 5.74) is 1.01. The number of hydrogen-bond donors (Lipinski definition) is 1. The molecule has 0 aliphatic rings. The Morgan fingerprint density at radius 2 is 1.75 bits per heavy atom. The van der Waals surface area contributed by atoms with Gasteiger partial charge in [-0.15, -0.1) is 0 Å². The molecule has 0 heterocycles. The molecule has 0 amide bonds. The molecule has 0 aromatic heterocycles. The zero-order valence-electron chi connectivity index (χ0n) is 8.17. The molecule has 0 aromatic rings. The van der Waals surface area contributed by atoms with Gasteiger partial charge in [-0.05, 0) is 31.9 Å². The van der Waals surface area contributed by atoms with Crippen LogP contribution < -0.4 is 0 Å². The highest BCUT2D eigenvalue weighted by Gasteiger charge is 1.96. The van der Waals surface area contributed by atoms with Crippen LogP contribution in [0.2, 0.25) is 0 Å². The molecule has 12 heavy (non-hydrogen) atoms. The van der Waals surface area contributed by atoms with E-state index in [1.165, 1.54) is 0 Å². The topological polar surface area (TPSA) is 20.2 Å². The lowest BCUT2D eigenvalue weighted by Crippen LogP contribution is -1.85. The van der Waals surface area contributed by atoms with Crippen LogP contribution in [0.3, 0.4) is 0 Å². The standard InChI is InChI=1S/C11H18O/c1-4-7-10(8-5-2)11(12)9-6-3/h4,6-7,9,12H,5,8H2,1-3H3/b7-4-,9-6-,11-10-. The smallest absolute Gasteiger partial charge is 0.118 e. The van der Waals surface area contributed by atoms with E-state index in [4.69, 9.17) is 0 Å². The van der Waals surface area contributed by atoms with E-state index in [9.17, 15) is 5.11 Å². The number of allylic oxidation sites excluding steroid dienone is 5. The Hall–Kier alpha value is -0.980. The van der Waals surface area contributed by atoms with Gasteiger partial charge in [-0.2, -0.15) is 0 Å². The summed E-state index contributed by atoms with van der Waals surface area (Å²) in [4.78, 5) is 0. The Labute approximate surface area is 75.1 Å². The van der Waals surface area contributed by atoms with Crippen LogP contribution in [0, 0.1) is 0 Å². The van der Waals surface area contributed by atoms with Crippen molar-refractivity contribution in [1.29, 1.82) is 0 Å². The molecular formula is C11H18O. The van der Waals surface area contributed by atoms with Crippen molar-refractivity contribution in [3.63, 3.8) is 0 Å². The Balaban J connectivity index is 4.54. The second-order valence-electron chi connectivity index (χ2n) is 2.66. The third-order valence-electron chi connectivity index (χ3n) is 1.54. The molecule has 0 aliphatic carbocycles. The molecule has 1 heteroatoms. The average molecular weight is 166 g/mol. The predicted molar refractivity (Wildman–Crippen MR) is 54.2 cm³/mol. The van der Waals surface area contributed by atoms with E-state index >= 15 is 0 Å². The van der Waals surface area contributed by atoms with E-state index in [0.717, 1.165) is 18.4 Å². The maximum absolute atomic E-state index is 9.51. The summed E-state index contributed by atoms with van der Waals surface area (Å²) in [6.07, 6.45) is 9.46. The molecule has 1 nitrogen and oxygen atoms in total. The van der Waals surface area contributed by atoms with Crippen molar-refractivity contribution in [2.45, 2.75) is 33.6 Å². The maximum atomic E-state index is 9.51. The van der Waals surface area contributed by atoms with Crippen LogP contribution in [0.4, 0.5) is 0 Å². The molecule has 0 saturated heterocycles. The minimum Gasteiger partial charge on any atom is -0.508 e. The highest BCUT2D eigenvalue weighted by molar-refractivity contribution is 5.27. The van der Waals surface area contributed by atoms with Gasteiger partial charge >= 0.3 is 0 Å². The van der Waals surface area contributed by atoms with Gasteiger partial charge in [0.2, 0.25) is 0 Å². The van der Waals surface area contributed by atoms with E-state index < -0.39 is 0 Å². The Morgan fingerprint density at radius 1 is 1.17 bits per heavy atom. The molecule has 0 radical (unpaired) electrons. The molecule has 68 valence electrons. The second-order valence-corrected chi connectivity index (χ2v) is 2.66. The summed E-state index contributed by atoms with van der Waals surface area (Å²) < 4.78 is 0. The van der Waals surface area contributed by atoms with Gasteiger partial charge in [0.15, 0.2) is 0 Å². The van der Waals surface area contributed by atoms with Gasteiger partial charge in [-0.3, -0.25) is 0 Å². The van der Waals surface area contributed by atoms with Gasteiger partial charge in [-0.25, -0.2) is 0 Å². The van der Waals surface area contributed by atoms with Crippen molar-refractivity contribution < 1.29 is 5.11 Å². The monoisotopic (exact) mass is 166 g/mol. The van der Waals surface area contributed by atoms with Crippen LogP contribution in [-0.4, -0.2) is 5.11 Å². The fourth-order valence-electron chi connectivity index (χ4n) is 1.03. The summed E-state index contributed by atoms with van der Waals surface area (Å²) in [5.74, 6) is 0.387. The van der Waals surface area contributed by atoms with Gasteiger partial charge in [0.25, 0.3) is 0 Å². The van der Waals surface area contributed by atoms with E-state index in [1.54, 1.807) is 6.08 Å². The van der Waals surface area contributed by atoms with Gasteiger partial charge in [0, 0.05) is 0 Å². The Kier molecular flexibility index (Phi) is 6.16. The van der Waals surface area contributed by atoms with Crippen LogP contribution in [0.15, 0.2) is 35.6 Å². The zero-order valence-corrected chi connectivity index (χ0v) is 8.17. The predicted octanol–water partition coefficient (Wildman–Crippen LogP) is 3.75. The molecule has 0 fully saturated rings. The minimum atomic E-state index is 0.387. The molecule has 0 aliphatic heterocycles. The first-order valence-electron chi connectivity index (χ1n) is 4.43. The minimum absolute atomic E-state index is 0.387. The first-order chi connectivity index (χ1) is 5.76. The summed E-state index contributed by atoms with van der Waals surface area (Å²) in [6.45, 7) is 5.96. The summed E-state index contributed by atoms with van der Waals surface area (Å²) in [5, 5.41) is 9.51. The largest absolute Gasteiger partial charge is 0.508 e. The fraction of sp³-hybridized carbons (Fsp3) is 0.455. The highest BCUT2D eigenvalue weighted by Crippen LogP contribution is 2.11. The third kappa shape index (κ3) is 4.02. The van der Waals surface area contributed by atoms with E-state index in [-0.39, 0.29) is 0 Å². The first kappa shape index (κ1) is 11.0. The molecule has 0 aromatic carbocycles. The quantitative estimate of drug-likeness (QED) is 0.498. The molecule has 1 N–H and O–H groups in total. The SMILES string of the molecule is C\C=C/C(O)=C(\C=C/C)CCC. The molecule has 0 spiro atoms. The van der Waals surface area contributed by atoms with Gasteiger partial charge in [0.1, 0.15) is 5.76 Å². The molecule has 0 atom stereocenters. The van der Waals surface area contributed by atoms with Crippen LogP contribution in [-0.2, 0) is 0 Å². The van der Waals surface area contributed by atoms with E-state index in [1.807, 2.05) is 32.1 Å². The van der Waals surface area contributed by atoms with Gasteiger partial charge in [0.05, 0.1) is 0 Å². The fourth-order valence-corrected chi connectivity index (χ4v) is 1.03. The summed E-state index contributed by atoms with van der Waals surface area (Å²) in [7, 11) is 0. The zero-order chi connectivity index (χ0) is 9.40. The summed E-state index contributed by atoms with van der Waals surface area (Å²) >= 11 is 0. The first-order valence-corrected chi connectivity index (χ1v) is 4.43. The van der Waals surface area contributed by atoms with E-state index in [0.29, 0.717) is 5.76 Å². The lowest BCUT2D eigenvalue weighted by molar-refractivity contribution is 0.424. The van der Waals surface area contributed by atoms with Gasteiger partial charge in [-0.1, -0.05) is 31.6 Å². The normalized spacial score (nSPS) is 14.2. The third-order valence-corrected chi connectivity index (χ3v) is 1.54. The number of aliphatic hydroxyl groups excluding tert-OH is 1. The molecule has 0 saturated carbocycles. The lowest BCUT2D eigenvalue weighted by Gasteiger charge is -2.00. The van der Waals surface area contributed by atoms with Crippen LogP contribution in [0.5, 0.6) is 0 Å². The molecule has 0 unspecified atom stereocenters. The molecule has 0 rings (SSSR count). The van der Waals surface area contributed by atoms with Crippen molar-refractivity contribution >= 4 is 0 Å². The number of aliphatic hydroxyl groups is 1. The second kappa shape index (κ2) is 6.71.